The number of amides is 1. The summed E-state index contributed by atoms with van der Waals surface area (Å²) in [5.74, 6) is -0.237. The van der Waals surface area contributed by atoms with Crippen LogP contribution in [0.5, 0.6) is 0 Å². The summed E-state index contributed by atoms with van der Waals surface area (Å²) >= 11 is 0. The molecule has 0 spiro atoms. The van der Waals surface area contributed by atoms with E-state index in [0.717, 1.165) is 12.8 Å². The molecule has 2 unspecified atom stereocenters. The highest BCUT2D eigenvalue weighted by atomic mass is 16.4. The number of carbonyl (C=O) groups is 1. The molecule has 0 aliphatic carbocycles. The number of hydrogen-bond donors (Lipinski definition) is 3. The van der Waals surface area contributed by atoms with E-state index in [2.05, 4.69) is 24.3 Å². The fraction of sp³-hybridized carbons (Fsp3) is 0.818. The third kappa shape index (κ3) is 5.00. The lowest BCUT2D eigenvalue weighted by molar-refractivity contribution is -0.123. The number of nitrogens with one attached hydrogen (secondary N) is 1. The van der Waals surface area contributed by atoms with Gasteiger partial charge < -0.3 is 16.3 Å². The number of amidine groups is 1. The van der Waals surface area contributed by atoms with Gasteiger partial charge in [0.25, 0.3) is 0 Å². The van der Waals surface area contributed by atoms with Gasteiger partial charge in [0.15, 0.2) is 5.84 Å². The molecule has 0 saturated carbocycles. The Morgan fingerprint density at radius 1 is 1.50 bits per heavy atom. The van der Waals surface area contributed by atoms with Crippen molar-refractivity contribution >= 4 is 11.7 Å². The quantitative estimate of drug-likeness (QED) is 0.266. The Bertz CT molecular complexity index is 241. The Kier molecular flexibility index (Phi) is 7.33. The van der Waals surface area contributed by atoms with Crippen molar-refractivity contribution in [2.24, 2.45) is 22.7 Å². The third-order valence-electron chi connectivity index (χ3n) is 2.69. The monoisotopic (exact) mass is 229 g/mol. The lowest BCUT2D eigenvalue weighted by Gasteiger charge is -2.16. The standard InChI is InChI=1S/C11H23N3O2/c1-4-6-9(10(12)14-16)11(15)13-7-8(3)5-2/h8-9,16H,4-7H2,1-3H3,(H2,12,14)(H,13,15). The second-order valence-electron chi connectivity index (χ2n) is 4.12. The molecule has 5 nitrogen and oxygen atoms in total. The molecule has 16 heavy (non-hydrogen) atoms. The average Bonchev–Trinajstić information content (AvgIpc) is 2.31. The van der Waals surface area contributed by atoms with Gasteiger partial charge in [-0.1, -0.05) is 38.8 Å². The fourth-order valence-corrected chi connectivity index (χ4v) is 1.31. The van der Waals surface area contributed by atoms with Crippen molar-refractivity contribution in [3.05, 3.63) is 0 Å². The van der Waals surface area contributed by atoms with Crippen LogP contribution in [0.3, 0.4) is 0 Å². The van der Waals surface area contributed by atoms with Gasteiger partial charge in [-0.3, -0.25) is 4.79 Å². The highest BCUT2D eigenvalue weighted by Crippen LogP contribution is 2.07. The molecule has 4 N–H and O–H groups in total. The zero-order valence-electron chi connectivity index (χ0n) is 10.4. The van der Waals surface area contributed by atoms with Gasteiger partial charge in [-0.05, 0) is 12.3 Å². The molecule has 0 aliphatic heterocycles. The van der Waals surface area contributed by atoms with E-state index >= 15 is 0 Å². The second kappa shape index (κ2) is 7.96. The minimum absolute atomic E-state index is 0.0106. The van der Waals surface area contributed by atoms with E-state index in [0.29, 0.717) is 18.9 Å². The van der Waals surface area contributed by atoms with Crippen LogP contribution in [0.1, 0.15) is 40.0 Å². The van der Waals surface area contributed by atoms with Crippen LogP contribution in [0.4, 0.5) is 0 Å². The van der Waals surface area contributed by atoms with Crippen molar-refractivity contribution in [3.8, 4) is 0 Å². The molecule has 0 rings (SSSR count). The molecule has 0 aromatic heterocycles. The maximum absolute atomic E-state index is 11.8. The molecule has 1 amide bonds. The summed E-state index contributed by atoms with van der Waals surface area (Å²) < 4.78 is 0. The van der Waals surface area contributed by atoms with Crippen LogP contribution in [0, 0.1) is 11.8 Å². The second-order valence-corrected chi connectivity index (χ2v) is 4.12. The summed E-state index contributed by atoms with van der Waals surface area (Å²) in [6.45, 7) is 6.73. The first-order valence-electron chi connectivity index (χ1n) is 5.81. The molecule has 0 aromatic carbocycles. The van der Waals surface area contributed by atoms with Crippen molar-refractivity contribution in [1.82, 2.24) is 5.32 Å². The van der Waals surface area contributed by atoms with Gasteiger partial charge in [-0.2, -0.15) is 0 Å². The first kappa shape index (κ1) is 14.7. The van der Waals surface area contributed by atoms with Gasteiger partial charge >= 0.3 is 0 Å². The van der Waals surface area contributed by atoms with Gasteiger partial charge in [0, 0.05) is 6.54 Å². The van der Waals surface area contributed by atoms with Crippen molar-refractivity contribution in [1.29, 1.82) is 0 Å². The number of carbonyl (C=O) groups excluding carboxylic acids is 1. The minimum atomic E-state index is -0.515. The van der Waals surface area contributed by atoms with Gasteiger partial charge in [0.1, 0.15) is 0 Å². The molecule has 0 bridgehead atoms. The van der Waals surface area contributed by atoms with Crippen LogP contribution in [-0.2, 0) is 4.79 Å². The number of oxime groups is 1. The average molecular weight is 229 g/mol. The molecule has 0 fully saturated rings. The van der Waals surface area contributed by atoms with Crippen LogP contribution in [-0.4, -0.2) is 23.5 Å². The summed E-state index contributed by atoms with van der Waals surface area (Å²) in [6.07, 6.45) is 2.43. The van der Waals surface area contributed by atoms with Crippen LogP contribution in [0.15, 0.2) is 5.16 Å². The Balaban J connectivity index is 4.28. The number of hydrogen-bond acceptors (Lipinski definition) is 3. The van der Waals surface area contributed by atoms with Crippen molar-refractivity contribution in [3.63, 3.8) is 0 Å². The van der Waals surface area contributed by atoms with Gasteiger partial charge in [-0.15, -0.1) is 0 Å². The van der Waals surface area contributed by atoms with Gasteiger partial charge in [0.05, 0.1) is 5.92 Å². The van der Waals surface area contributed by atoms with Crippen LogP contribution >= 0.6 is 0 Å². The number of nitrogens with zero attached hydrogens (tertiary/aromatic N) is 1. The Hall–Kier alpha value is -1.26. The Morgan fingerprint density at radius 3 is 2.56 bits per heavy atom. The largest absolute Gasteiger partial charge is 0.409 e. The summed E-state index contributed by atoms with van der Waals surface area (Å²) in [6, 6.07) is 0. The summed E-state index contributed by atoms with van der Waals surface area (Å²) in [7, 11) is 0. The topological polar surface area (TPSA) is 87.7 Å². The van der Waals surface area contributed by atoms with Gasteiger partial charge in [0.2, 0.25) is 5.91 Å². The minimum Gasteiger partial charge on any atom is -0.409 e. The highest BCUT2D eigenvalue weighted by molar-refractivity contribution is 6.02. The maximum atomic E-state index is 11.8. The van der Waals surface area contributed by atoms with Crippen LogP contribution in [0.2, 0.25) is 0 Å². The first-order valence-corrected chi connectivity index (χ1v) is 5.81. The molecule has 0 aliphatic rings. The maximum Gasteiger partial charge on any atom is 0.230 e. The molecular formula is C11H23N3O2. The Morgan fingerprint density at radius 2 is 2.12 bits per heavy atom. The summed E-state index contributed by atoms with van der Waals surface area (Å²) in [5, 5.41) is 14.3. The van der Waals surface area contributed by atoms with Crippen LogP contribution < -0.4 is 11.1 Å². The molecular weight excluding hydrogens is 206 g/mol. The normalized spacial score (nSPS) is 15.6. The van der Waals surface area contributed by atoms with E-state index in [4.69, 9.17) is 10.9 Å². The molecule has 0 saturated heterocycles. The summed E-state index contributed by atoms with van der Waals surface area (Å²) in [5.41, 5.74) is 5.48. The Labute approximate surface area is 97.1 Å². The van der Waals surface area contributed by atoms with E-state index in [-0.39, 0.29) is 11.7 Å². The zero-order chi connectivity index (χ0) is 12.6. The molecule has 94 valence electrons. The molecule has 0 heterocycles. The van der Waals surface area contributed by atoms with E-state index in [1.54, 1.807) is 0 Å². The van der Waals surface area contributed by atoms with Crippen molar-refractivity contribution < 1.29 is 10.0 Å². The molecule has 0 radical (unpaired) electrons. The van der Waals surface area contributed by atoms with E-state index < -0.39 is 5.92 Å². The zero-order valence-corrected chi connectivity index (χ0v) is 10.4. The van der Waals surface area contributed by atoms with Crippen molar-refractivity contribution in [2.45, 2.75) is 40.0 Å². The molecule has 0 aromatic rings. The third-order valence-corrected chi connectivity index (χ3v) is 2.69. The number of nitrogens with two attached hydrogens (primary N) is 1. The van der Waals surface area contributed by atoms with E-state index in [9.17, 15) is 4.79 Å². The first-order chi connectivity index (χ1) is 7.56. The van der Waals surface area contributed by atoms with E-state index in [1.807, 2.05) is 6.92 Å². The van der Waals surface area contributed by atoms with Crippen LogP contribution in [0.25, 0.3) is 0 Å². The lowest BCUT2D eigenvalue weighted by Crippen LogP contribution is -2.40. The fourth-order valence-electron chi connectivity index (χ4n) is 1.31. The predicted octanol–water partition coefficient (Wildman–Crippen LogP) is 1.31. The highest BCUT2D eigenvalue weighted by Gasteiger charge is 2.22. The van der Waals surface area contributed by atoms with Gasteiger partial charge in [-0.25, -0.2) is 0 Å². The summed E-state index contributed by atoms with van der Waals surface area (Å²) in [4.78, 5) is 11.8. The van der Waals surface area contributed by atoms with Crippen molar-refractivity contribution in [2.75, 3.05) is 6.54 Å². The SMILES string of the molecule is CCCC(C(=O)NCC(C)CC)C(N)=NO. The molecule has 5 heteroatoms. The predicted molar refractivity (Wildman–Crippen MR) is 64.3 cm³/mol. The number of rotatable bonds is 7. The van der Waals surface area contributed by atoms with E-state index in [1.165, 1.54) is 0 Å². The molecule has 2 atom stereocenters. The smallest absolute Gasteiger partial charge is 0.230 e. The lowest BCUT2D eigenvalue weighted by atomic mass is 10.0.